The first-order valence-electron chi connectivity index (χ1n) is 5.58. The lowest BCUT2D eigenvalue weighted by Gasteiger charge is -2.23. The molecule has 5 heteroatoms. The summed E-state index contributed by atoms with van der Waals surface area (Å²) < 4.78 is 13.6. The third kappa shape index (κ3) is 3.65. The van der Waals surface area contributed by atoms with E-state index < -0.39 is 0 Å². The first-order valence-corrected chi connectivity index (χ1v) is 6.38. The molecule has 0 aliphatic carbocycles. The maximum Gasteiger partial charge on any atom is 0.137 e. The first-order chi connectivity index (χ1) is 7.70. The lowest BCUT2D eigenvalue weighted by Crippen LogP contribution is -2.34. The van der Waals surface area contributed by atoms with Crippen molar-refractivity contribution in [3.05, 3.63) is 34.1 Å². The number of likely N-dealkylation sites (tertiary alicyclic amines) is 1. The van der Waals surface area contributed by atoms with Crippen molar-refractivity contribution in [1.82, 2.24) is 4.90 Å². The van der Waals surface area contributed by atoms with Gasteiger partial charge in [0.2, 0.25) is 0 Å². The fraction of sp³-hybridized carbons (Fsp3) is 0.500. The van der Waals surface area contributed by atoms with Crippen LogP contribution in [0.5, 0.6) is 0 Å². The third-order valence-electron chi connectivity index (χ3n) is 3.14. The molecule has 17 heavy (non-hydrogen) atoms. The van der Waals surface area contributed by atoms with E-state index in [4.69, 9.17) is 5.73 Å². The lowest BCUT2D eigenvalue weighted by atomic mass is 10.2. The minimum Gasteiger partial charge on any atom is -0.329 e. The normalized spacial score (nSPS) is 20.3. The Morgan fingerprint density at radius 3 is 2.88 bits per heavy atom. The zero-order chi connectivity index (χ0) is 11.5. The van der Waals surface area contributed by atoms with E-state index in [-0.39, 0.29) is 18.2 Å². The van der Waals surface area contributed by atoms with E-state index >= 15 is 0 Å². The van der Waals surface area contributed by atoms with Crippen molar-refractivity contribution in [2.75, 3.05) is 13.1 Å². The number of halogens is 3. The molecule has 1 fully saturated rings. The largest absolute Gasteiger partial charge is 0.329 e. The van der Waals surface area contributed by atoms with Gasteiger partial charge in [-0.1, -0.05) is 6.07 Å². The standard InChI is InChI=1S/C12H16BrFN2.ClH/c13-11-6-9(3-4-12(11)14)8-16-5-1-2-10(16)7-15;/h3-4,6,10H,1-2,5,7-8,15H2;1H. The van der Waals surface area contributed by atoms with Gasteiger partial charge in [-0.2, -0.15) is 0 Å². The number of benzene rings is 1. The van der Waals surface area contributed by atoms with Gasteiger partial charge < -0.3 is 5.73 Å². The Kier molecular flexibility index (Phi) is 5.86. The Balaban J connectivity index is 0.00000144. The molecule has 1 unspecified atom stereocenters. The van der Waals surface area contributed by atoms with Gasteiger partial charge in [-0.25, -0.2) is 4.39 Å². The number of hydrogen-bond donors (Lipinski definition) is 1. The zero-order valence-electron chi connectivity index (χ0n) is 9.53. The maximum atomic E-state index is 13.1. The van der Waals surface area contributed by atoms with Crippen LogP contribution in [0.3, 0.4) is 0 Å². The van der Waals surface area contributed by atoms with Crippen LogP contribution in [-0.4, -0.2) is 24.0 Å². The van der Waals surface area contributed by atoms with Gasteiger partial charge in [-0.15, -0.1) is 12.4 Å². The van der Waals surface area contributed by atoms with E-state index in [1.165, 1.54) is 18.9 Å². The van der Waals surface area contributed by atoms with Gasteiger partial charge >= 0.3 is 0 Å². The lowest BCUT2D eigenvalue weighted by molar-refractivity contribution is 0.250. The molecular weight excluding hydrogens is 307 g/mol. The Labute approximate surface area is 116 Å². The molecule has 1 heterocycles. The number of nitrogens with two attached hydrogens (primary N) is 1. The van der Waals surface area contributed by atoms with E-state index in [1.54, 1.807) is 0 Å². The van der Waals surface area contributed by atoms with Crippen molar-refractivity contribution in [3.63, 3.8) is 0 Å². The Morgan fingerprint density at radius 1 is 1.47 bits per heavy atom. The Hall–Kier alpha value is -0.160. The second kappa shape index (κ2) is 6.69. The van der Waals surface area contributed by atoms with Crippen LogP contribution in [0.25, 0.3) is 0 Å². The fourth-order valence-electron chi connectivity index (χ4n) is 2.24. The zero-order valence-corrected chi connectivity index (χ0v) is 11.9. The minimum atomic E-state index is -0.208. The number of nitrogens with zero attached hydrogens (tertiary/aromatic N) is 1. The molecule has 0 spiro atoms. The maximum absolute atomic E-state index is 13.1. The van der Waals surface area contributed by atoms with E-state index in [1.807, 2.05) is 12.1 Å². The van der Waals surface area contributed by atoms with Crippen molar-refractivity contribution < 1.29 is 4.39 Å². The number of hydrogen-bond acceptors (Lipinski definition) is 2. The fourth-order valence-corrected chi connectivity index (χ4v) is 2.67. The summed E-state index contributed by atoms with van der Waals surface area (Å²) in [6.07, 6.45) is 2.39. The van der Waals surface area contributed by atoms with Crippen LogP contribution >= 0.6 is 28.3 Å². The Bertz CT molecular complexity index is 376. The van der Waals surface area contributed by atoms with Gasteiger partial charge in [0, 0.05) is 19.1 Å². The molecule has 1 atom stereocenters. The van der Waals surface area contributed by atoms with Crippen molar-refractivity contribution in [2.24, 2.45) is 5.73 Å². The van der Waals surface area contributed by atoms with Gasteiger partial charge in [-0.3, -0.25) is 4.90 Å². The van der Waals surface area contributed by atoms with Crippen molar-refractivity contribution in [1.29, 1.82) is 0 Å². The average Bonchev–Trinajstić information content (AvgIpc) is 2.71. The topological polar surface area (TPSA) is 29.3 Å². The Morgan fingerprint density at radius 2 is 2.24 bits per heavy atom. The van der Waals surface area contributed by atoms with Gasteiger partial charge in [0.15, 0.2) is 0 Å². The molecule has 2 rings (SSSR count). The smallest absolute Gasteiger partial charge is 0.137 e. The van der Waals surface area contributed by atoms with Gasteiger partial charge in [0.25, 0.3) is 0 Å². The van der Waals surface area contributed by atoms with E-state index in [0.717, 1.165) is 18.7 Å². The quantitative estimate of drug-likeness (QED) is 0.927. The van der Waals surface area contributed by atoms with E-state index in [2.05, 4.69) is 20.8 Å². The first kappa shape index (κ1) is 14.9. The van der Waals surface area contributed by atoms with Crippen LogP contribution in [0.15, 0.2) is 22.7 Å². The average molecular weight is 324 g/mol. The molecule has 0 bridgehead atoms. The SMILES string of the molecule is Cl.NCC1CCCN1Cc1ccc(F)c(Br)c1. The van der Waals surface area contributed by atoms with Crippen LogP contribution in [0.2, 0.25) is 0 Å². The summed E-state index contributed by atoms with van der Waals surface area (Å²) in [6.45, 7) is 2.67. The van der Waals surface area contributed by atoms with Crippen LogP contribution in [-0.2, 0) is 6.54 Å². The molecule has 0 radical (unpaired) electrons. The van der Waals surface area contributed by atoms with Gasteiger partial charge in [0.05, 0.1) is 4.47 Å². The van der Waals surface area contributed by atoms with Gasteiger partial charge in [0.1, 0.15) is 5.82 Å². The predicted molar refractivity (Wildman–Crippen MR) is 73.8 cm³/mol. The van der Waals surface area contributed by atoms with Gasteiger partial charge in [-0.05, 0) is 53.0 Å². The van der Waals surface area contributed by atoms with E-state index in [9.17, 15) is 4.39 Å². The summed E-state index contributed by atoms with van der Waals surface area (Å²) in [5, 5.41) is 0. The van der Waals surface area contributed by atoms with Crippen molar-refractivity contribution >= 4 is 28.3 Å². The third-order valence-corrected chi connectivity index (χ3v) is 3.75. The highest BCUT2D eigenvalue weighted by Crippen LogP contribution is 2.22. The molecule has 1 aliphatic heterocycles. The second-order valence-corrected chi connectivity index (χ2v) is 5.11. The highest BCUT2D eigenvalue weighted by molar-refractivity contribution is 9.10. The summed E-state index contributed by atoms with van der Waals surface area (Å²) in [5.41, 5.74) is 6.85. The molecule has 2 nitrogen and oxygen atoms in total. The summed E-state index contributed by atoms with van der Waals surface area (Å²) in [4.78, 5) is 2.37. The van der Waals surface area contributed by atoms with Crippen LogP contribution in [0, 0.1) is 5.82 Å². The van der Waals surface area contributed by atoms with Crippen LogP contribution < -0.4 is 5.73 Å². The second-order valence-electron chi connectivity index (χ2n) is 4.25. The summed E-state index contributed by atoms with van der Waals surface area (Å²) in [5.74, 6) is -0.208. The predicted octanol–water partition coefficient (Wildman–Crippen LogP) is 2.93. The summed E-state index contributed by atoms with van der Waals surface area (Å²) in [6, 6.07) is 5.68. The minimum absolute atomic E-state index is 0. The molecule has 1 aromatic rings. The highest BCUT2D eigenvalue weighted by Gasteiger charge is 2.22. The molecule has 1 aliphatic rings. The molecule has 2 N–H and O–H groups in total. The monoisotopic (exact) mass is 322 g/mol. The molecule has 1 aromatic carbocycles. The molecule has 0 aromatic heterocycles. The highest BCUT2D eigenvalue weighted by atomic mass is 79.9. The van der Waals surface area contributed by atoms with E-state index in [0.29, 0.717) is 17.1 Å². The van der Waals surface area contributed by atoms with Crippen molar-refractivity contribution in [2.45, 2.75) is 25.4 Å². The number of rotatable bonds is 3. The molecule has 0 saturated carbocycles. The molecular formula is C12H17BrClFN2. The van der Waals surface area contributed by atoms with Crippen LogP contribution in [0.4, 0.5) is 4.39 Å². The summed E-state index contributed by atoms with van der Waals surface area (Å²) in [7, 11) is 0. The van der Waals surface area contributed by atoms with Crippen LogP contribution in [0.1, 0.15) is 18.4 Å². The molecule has 0 amide bonds. The molecule has 1 saturated heterocycles. The van der Waals surface area contributed by atoms with Crippen molar-refractivity contribution in [3.8, 4) is 0 Å². The molecule has 96 valence electrons. The summed E-state index contributed by atoms with van der Waals surface area (Å²) >= 11 is 3.21.